The van der Waals surface area contributed by atoms with E-state index in [1.165, 1.54) is 13.8 Å². The number of hydrogen-bond donors (Lipinski definition) is 2. The summed E-state index contributed by atoms with van der Waals surface area (Å²) < 4.78 is 0. The second-order valence-corrected chi connectivity index (χ2v) is 5.92. The number of nitrogens with zero attached hydrogens (tertiary/aromatic N) is 1. The van der Waals surface area contributed by atoms with Gasteiger partial charge in [-0.05, 0) is 31.2 Å². The number of anilines is 2. The molecular formula is C19H17N3O4. The van der Waals surface area contributed by atoms with E-state index in [-0.39, 0.29) is 17.0 Å². The molecule has 0 saturated heterocycles. The summed E-state index contributed by atoms with van der Waals surface area (Å²) >= 11 is 0. The van der Waals surface area contributed by atoms with Crippen molar-refractivity contribution < 1.29 is 19.2 Å². The highest BCUT2D eigenvalue weighted by Crippen LogP contribution is 2.26. The van der Waals surface area contributed by atoms with Crippen molar-refractivity contribution in [2.24, 2.45) is 0 Å². The SMILES string of the molecule is CC(=O)Nc1ccccc1NC(=O)[C@@H](C)N1C(=O)c2ccccc2C1=O. The largest absolute Gasteiger partial charge is 0.325 e. The van der Waals surface area contributed by atoms with Crippen LogP contribution in [-0.2, 0) is 9.59 Å². The summed E-state index contributed by atoms with van der Waals surface area (Å²) in [7, 11) is 0. The lowest BCUT2D eigenvalue weighted by Gasteiger charge is -2.22. The molecule has 1 aliphatic rings. The van der Waals surface area contributed by atoms with Crippen molar-refractivity contribution in [1.82, 2.24) is 4.90 Å². The molecule has 7 heteroatoms. The maximum absolute atomic E-state index is 12.6. The summed E-state index contributed by atoms with van der Waals surface area (Å²) in [6, 6.07) is 12.1. The molecule has 0 aromatic heterocycles. The van der Waals surface area contributed by atoms with Crippen LogP contribution < -0.4 is 10.6 Å². The van der Waals surface area contributed by atoms with E-state index in [2.05, 4.69) is 10.6 Å². The van der Waals surface area contributed by atoms with Crippen LogP contribution in [0.2, 0.25) is 0 Å². The molecule has 0 unspecified atom stereocenters. The predicted octanol–water partition coefficient (Wildman–Crippen LogP) is 2.27. The molecule has 1 aliphatic heterocycles. The molecule has 3 rings (SSSR count). The van der Waals surface area contributed by atoms with Gasteiger partial charge >= 0.3 is 0 Å². The second-order valence-electron chi connectivity index (χ2n) is 5.92. The van der Waals surface area contributed by atoms with Gasteiger partial charge in [-0.15, -0.1) is 0 Å². The Morgan fingerprint density at radius 3 is 1.81 bits per heavy atom. The molecule has 0 fully saturated rings. The van der Waals surface area contributed by atoms with E-state index in [4.69, 9.17) is 0 Å². The van der Waals surface area contributed by atoms with Crippen LogP contribution in [0.5, 0.6) is 0 Å². The zero-order valence-corrected chi connectivity index (χ0v) is 14.3. The number of fused-ring (bicyclic) bond motifs is 1. The van der Waals surface area contributed by atoms with Crippen LogP contribution in [0.1, 0.15) is 34.6 Å². The fraction of sp³-hybridized carbons (Fsp3) is 0.158. The van der Waals surface area contributed by atoms with Crippen molar-refractivity contribution in [2.75, 3.05) is 10.6 Å². The Bertz CT molecular complexity index is 888. The standard InChI is InChI=1S/C19H17N3O4/c1-11(22-18(25)13-7-3-4-8-14(13)19(22)26)17(24)21-16-10-6-5-9-15(16)20-12(2)23/h3-11H,1-2H3,(H,20,23)(H,21,24)/t11-/m1/s1. The zero-order chi connectivity index (χ0) is 18.8. The number of para-hydroxylation sites is 2. The summed E-state index contributed by atoms with van der Waals surface area (Å²) in [5.41, 5.74) is 1.39. The number of nitrogens with one attached hydrogen (secondary N) is 2. The molecule has 0 spiro atoms. The molecule has 7 nitrogen and oxygen atoms in total. The van der Waals surface area contributed by atoms with Gasteiger partial charge in [0.15, 0.2) is 0 Å². The van der Waals surface area contributed by atoms with Gasteiger partial charge in [-0.1, -0.05) is 24.3 Å². The number of rotatable bonds is 4. The first-order valence-electron chi connectivity index (χ1n) is 8.04. The van der Waals surface area contributed by atoms with Crippen molar-refractivity contribution in [1.29, 1.82) is 0 Å². The third-order valence-electron chi connectivity index (χ3n) is 4.09. The Hall–Kier alpha value is -3.48. The van der Waals surface area contributed by atoms with Gasteiger partial charge < -0.3 is 10.6 Å². The zero-order valence-electron chi connectivity index (χ0n) is 14.3. The molecule has 0 bridgehead atoms. The normalized spacial score (nSPS) is 14.0. The van der Waals surface area contributed by atoms with E-state index in [0.29, 0.717) is 11.4 Å². The Morgan fingerprint density at radius 1 is 0.846 bits per heavy atom. The number of imide groups is 1. The number of amides is 4. The summed E-state index contributed by atoms with van der Waals surface area (Å²) in [6.07, 6.45) is 0. The van der Waals surface area contributed by atoms with Crippen LogP contribution in [0, 0.1) is 0 Å². The molecule has 132 valence electrons. The fourth-order valence-electron chi connectivity index (χ4n) is 2.80. The first-order chi connectivity index (χ1) is 12.4. The van der Waals surface area contributed by atoms with Gasteiger partial charge in [-0.2, -0.15) is 0 Å². The molecule has 0 aliphatic carbocycles. The highest BCUT2D eigenvalue weighted by atomic mass is 16.2. The highest BCUT2D eigenvalue weighted by Gasteiger charge is 2.40. The van der Waals surface area contributed by atoms with Crippen molar-refractivity contribution in [3.05, 3.63) is 59.7 Å². The molecule has 0 saturated carbocycles. The summed E-state index contributed by atoms with van der Waals surface area (Å²) in [6.45, 7) is 2.85. The fourth-order valence-corrected chi connectivity index (χ4v) is 2.80. The van der Waals surface area contributed by atoms with Crippen molar-refractivity contribution in [3.63, 3.8) is 0 Å². The van der Waals surface area contributed by atoms with Crippen LogP contribution in [0.15, 0.2) is 48.5 Å². The number of hydrogen-bond acceptors (Lipinski definition) is 4. The molecule has 4 amide bonds. The summed E-state index contributed by atoms with van der Waals surface area (Å²) in [4.78, 5) is 49.8. The maximum atomic E-state index is 12.6. The van der Waals surface area contributed by atoms with Crippen molar-refractivity contribution in [2.45, 2.75) is 19.9 Å². The molecule has 26 heavy (non-hydrogen) atoms. The lowest BCUT2D eigenvalue weighted by Crippen LogP contribution is -2.45. The number of benzene rings is 2. The average Bonchev–Trinajstić information content (AvgIpc) is 2.87. The number of carbonyl (C=O) groups is 4. The topological polar surface area (TPSA) is 95.6 Å². The minimum Gasteiger partial charge on any atom is -0.325 e. The molecule has 2 aromatic rings. The minimum absolute atomic E-state index is 0.278. The van der Waals surface area contributed by atoms with Crippen LogP contribution in [0.4, 0.5) is 11.4 Å². The molecule has 2 aromatic carbocycles. The summed E-state index contributed by atoms with van der Waals surface area (Å²) in [5.74, 6) is -1.80. The van der Waals surface area contributed by atoms with Gasteiger partial charge in [0.05, 0.1) is 22.5 Å². The van der Waals surface area contributed by atoms with Crippen LogP contribution in [-0.4, -0.2) is 34.6 Å². The summed E-state index contributed by atoms with van der Waals surface area (Å²) in [5, 5.41) is 5.28. The molecule has 1 atom stereocenters. The third kappa shape index (κ3) is 3.06. The molecule has 2 N–H and O–H groups in total. The van der Waals surface area contributed by atoms with Gasteiger partial charge in [0.2, 0.25) is 11.8 Å². The smallest absolute Gasteiger partial charge is 0.262 e. The highest BCUT2D eigenvalue weighted by molar-refractivity contribution is 6.23. The predicted molar refractivity (Wildman–Crippen MR) is 95.8 cm³/mol. The molecule has 0 radical (unpaired) electrons. The lowest BCUT2D eigenvalue weighted by atomic mass is 10.1. The van der Waals surface area contributed by atoms with Crippen LogP contribution in [0.3, 0.4) is 0 Å². The van der Waals surface area contributed by atoms with Gasteiger partial charge in [0.1, 0.15) is 6.04 Å². The van der Waals surface area contributed by atoms with E-state index in [1.807, 2.05) is 0 Å². The molecular weight excluding hydrogens is 334 g/mol. The van der Waals surface area contributed by atoms with Gasteiger partial charge in [0.25, 0.3) is 11.8 Å². The van der Waals surface area contributed by atoms with E-state index in [1.54, 1.807) is 48.5 Å². The Kier molecular flexibility index (Phi) is 4.53. The second kappa shape index (κ2) is 6.79. The number of carbonyl (C=O) groups excluding carboxylic acids is 4. The van der Waals surface area contributed by atoms with E-state index in [0.717, 1.165) is 4.90 Å². The minimum atomic E-state index is -1.01. The first kappa shape index (κ1) is 17.3. The van der Waals surface area contributed by atoms with Gasteiger partial charge in [-0.3, -0.25) is 24.1 Å². The maximum Gasteiger partial charge on any atom is 0.262 e. The lowest BCUT2D eigenvalue weighted by molar-refractivity contribution is -0.119. The van der Waals surface area contributed by atoms with Crippen LogP contribution >= 0.6 is 0 Å². The van der Waals surface area contributed by atoms with E-state index >= 15 is 0 Å². The van der Waals surface area contributed by atoms with Gasteiger partial charge in [0, 0.05) is 6.92 Å². The van der Waals surface area contributed by atoms with Crippen molar-refractivity contribution in [3.8, 4) is 0 Å². The third-order valence-corrected chi connectivity index (χ3v) is 4.09. The van der Waals surface area contributed by atoms with E-state index < -0.39 is 23.8 Å². The van der Waals surface area contributed by atoms with Crippen molar-refractivity contribution >= 4 is 35.0 Å². The monoisotopic (exact) mass is 351 g/mol. The first-order valence-corrected chi connectivity index (χ1v) is 8.04. The average molecular weight is 351 g/mol. The Labute approximate surface area is 150 Å². The van der Waals surface area contributed by atoms with Crippen LogP contribution in [0.25, 0.3) is 0 Å². The Balaban J connectivity index is 1.81. The Morgan fingerprint density at radius 2 is 1.31 bits per heavy atom. The van der Waals surface area contributed by atoms with E-state index in [9.17, 15) is 19.2 Å². The quantitative estimate of drug-likeness (QED) is 0.826. The van der Waals surface area contributed by atoms with Gasteiger partial charge in [-0.25, -0.2) is 0 Å². The molecule has 1 heterocycles.